The van der Waals surface area contributed by atoms with Crippen LogP contribution in [0.2, 0.25) is 0 Å². The summed E-state index contributed by atoms with van der Waals surface area (Å²) in [5.74, 6) is 0. The SMILES string of the molecule is Cc1ccc(-c2ccc3c(c2)c2cc4c5ccccc5c5cc(-c6ccc7c(c6)oc6ccccc67)ccc5c4cc2n3-c2cc(-c3ccccc3)nc(-c3ccccc3)c2)cc1. The molecule has 0 amide bonds. The number of para-hydroxylation sites is 1. The molecule has 0 aliphatic carbocycles. The van der Waals surface area contributed by atoms with Crippen LogP contribution in [0.4, 0.5) is 0 Å². The van der Waals surface area contributed by atoms with Crippen molar-refractivity contribution in [1.29, 1.82) is 0 Å². The van der Waals surface area contributed by atoms with Gasteiger partial charge in [0.25, 0.3) is 0 Å². The molecule has 0 radical (unpaired) electrons. The molecule has 10 aromatic carbocycles. The molecule has 13 aromatic rings. The number of aromatic nitrogens is 2. The highest BCUT2D eigenvalue weighted by atomic mass is 16.3. The van der Waals surface area contributed by atoms with Gasteiger partial charge in [-0.1, -0.05) is 157 Å². The van der Waals surface area contributed by atoms with E-state index < -0.39 is 0 Å². The molecule has 0 saturated heterocycles. The molecule has 0 aliphatic rings. The van der Waals surface area contributed by atoms with Crippen LogP contribution in [0.3, 0.4) is 0 Å². The fourth-order valence-corrected chi connectivity index (χ4v) is 9.91. The Hall–Kier alpha value is -8.27. The lowest BCUT2D eigenvalue weighted by molar-refractivity contribution is 0.669. The van der Waals surface area contributed by atoms with Crippen molar-refractivity contribution >= 4 is 76.1 Å². The second-order valence-electron chi connectivity index (χ2n) is 16.8. The summed E-state index contributed by atoms with van der Waals surface area (Å²) in [6.07, 6.45) is 0. The number of fused-ring (bicyclic) bond motifs is 12. The first kappa shape index (κ1) is 35.5. The number of hydrogen-bond donors (Lipinski definition) is 0. The number of pyridine rings is 1. The number of nitrogens with zero attached hydrogens (tertiary/aromatic N) is 2. The Balaban J connectivity index is 1.10. The third-order valence-electron chi connectivity index (χ3n) is 13.0. The van der Waals surface area contributed by atoms with E-state index in [0.29, 0.717) is 0 Å². The van der Waals surface area contributed by atoms with Gasteiger partial charge in [-0.2, -0.15) is 0 Å². The summed E-state index contributed by atoms with van der Waals surface area (Å²) in [6, 6.07) is 77.0. The fourth-order valence-electron chi connectivity index (χ4n) is 9.91. The summed E-state index contributed by atoms with van der Waals surface area (Å²) < 4.78 is 8.80. The van der Waals surface area contributed by atoms with Crippen molar-refractivity contribution in [2.45, 2.75) is 6.92 Å². The highest BCUT2D eigenvalue weighted by Crippen LogP contribution is 2.44. The lowest BCUT2D eigenvalue weighted by Crippen LogP contribution is -1.98. The zero-order valence-electron chi connectivity index (χ0n) is 34.5. The summed E-state index contributed by atoms with van der Waals surface area (Å²) in [6.45, 7) is 2.14. The minimum atomic E-state index is 0.903. The normalized spacial score (nSPS) is 11.9. The van der Waals surface area contributed by atoms with Crippen molar-refractivity contribution in [1.82, 2.24) is 9.55 Å². The van der Waals surface area contributed by atoms with E-state index in [9.17, 15) is 0 Å². The lowest BCUT2D eigenvalue weighted by Gasteiger charge is -2.15. The predicted octanol–water partition coefficient (Wildman–Crippen LogP) is 16.5. The van der Waals surface area contributed by atoms with Gasteiger partial charge in [0, 0.05) is 32.7 Å². The molecule has 3 heterocycles. The maximum atomic E-state index is 6.34. The molecule has 3 nitrogen and oxygen atoms in total. The molecule has 13 rings (SSSR count). The molecule has 63 heavy (non-hydrogen) atoms. The van der Waals surface area contributed by atoms with Crippen molar-refractivity contribution in [3.63, 3.8) is 0 Å². The number of rotatable bonds is 5. The average molecular weight is 803 g/mol. The standard InChI is InChI=1S/C60H38N2O/c1-37-20-22-38(23-21-37)41-26-29-57-53(31-41)54-35-51-46-17-9-8-16-45(46)50-30-42(43-25-28-49-48-18-10-11-19-59(48)63-60(49)32-43)24-27-47(50)52(51)36-58(54)62(57)44-33-55(39-12-4-2-5-13-39)61-56(34-44)40-14-6-3-7-15-40/h2-36H,1H3. The van der Waals surface area contributed by atoms with Gasteiger partial charge in [0.2, 0.25) is 0 Å². The zero-order chi connectivity index (χ0) is 41.6. The van der Waals surface area contributed by atoms with Crippen molar-refractivity contribution in [2.24, 2.45) is 0 Å². The van der Waals surface area contributed by atoms with Gasteiger partial charge in [-0.05, 0) is 122 Å². The molecule has 3 heteroatoms. The van der Waals surface area contributed by atoms with Crippen LogP contribution in [-0.2, 0) is 0 Å². The van der Waals surface area contributed by atoms with Gasteiger partial charge >= 0.3 is 0 Å². The van der Waals surface area contributed by atoms with E-state index in [4.69, 9.17) is 9.40 Å². The van der Waals surface area contributed by atoms with Crippen LogP contribution in [0, 0.1) is 6.92 Å². The monoisotopic (exact) mass is 802 g/mol. The molecule has 0 unspecified atom stereocenters. The van der Waals surface area contributed by atoms with Gasteiger partial charge in [-0.15, -0.1) is 0 Å². The molecule has 0 N–H and O–H groups in total. The topological polar surface area (TPSA) is 31.0 Å². The van der Waals surface area contributed by atoms with E-state index in [2.05, 4.69) is 212 Å². The predicted molar refractivity (Wildman–Crippen MR) is 265 cm³/mol. The number of benzene rings is 10. The molecular formula is C60H38N2O. The molecule has 0 aliphatic heterocycles. The summed E-state index contributed by atoms with van der Waals surface area (Å²) >= 11 is 0. The lowest BCUT2D eigenvalue weighted by atomic mass is 9.91. The van der Waals surface area contributed by atoms with Crippen molar-refractivity contribution < 1.29 is 4.42 Å². The Kier molecular flexibility index (Phi) is 7.82. The van der Waals surface area contributed by atoms with Crippen molar-refractivity contribution in [3.8, 4) is 50.5 Å². The van der Waals surface area contributed by atoms with Gasteiger partial charge in [0.15, 0.2) is 0 Å². The molecule has 294 valence electrons. The minimum absolute atomic E-state index is 0.903. The maximum absolute atomic E-state index is 6.34. The van der Waals surface area contributed by atoms with E-state index in [1.165, 1.54) is 59.8 Å². The third kappa shape index (κ3) is 5.71. The number of hydrogen-bond acceptors (Lipinski definition) is 2. The quantitative estimate of drug-likeness (QED) is 0.162. The highest BCUT2D eigenvalue weighted by molar-refractivity contribution is 6.29. The van der Waals surface area contributed by atoms with Gasteiger partial charge in [0.1, 0.15) is 11.2 Å². The summed E-state index contributed by atoms with van der Waals surface area (Å²) in [5, 5.41) is 12.1. The Bertz CT molecular complexity index is 3890. The summed E-state index contributed by atoms with van der Waals surface area (Å²) in [7, 11) is 0. The first-order valence-electron chi connectivity index (χ1n) is 21.6. The van der Waals surface area contributed by atoms with E-state index >= 15 is 0 Å². The van der Waals surface area contributed by atoms with Crippen LogP contribution >= 0.6 is 0 Å². The first-order valence-corrected chi connectivity index (χ1v) is 21.6. The van der Waals surface area contributed by atoms with Crippen molar-refractivity contribution in [2.75, 3.05) is 0 Å². The summed E-state index contributed by atoms with van der Waals surface area (Å²) in [4.78, 5) is 5.27. The number of aryl methyl sites for hydroxylation is 1. The average Bonchev–Trinajstić information content (AvgIpc) is 3.88. The van der Waals surface area contributed by atoms with Gasteiger partial charge in [-0.3, -0.25) is 0 Å². The first-order chi connectivity index (χ1) is 31.1. The van der Waals surface area contributed by atoms with Crippen LogP contribution in [0.15, 0.2) is 217 Å². The highest BCUT2D eigenvalue weighted by Gasteiger charge is 2.20. The van der Waals surface area contributed by atoms with Crippen LogP contribution < -0.4 is 0 Å². The van der Waals surface area contributed by atoms with Crippen molar-refractivity contribution in [3.05, 3.63) is 218 Å². The Morgan fingerprint density at radius 1 is 0.317 bits per heavy atom. The van der Waals surface area contributed by atoms with E-state index in [1.807, 2.05) is 12.1 Å². The van der Waals surface area contributed by atoms with E-state index in [0.717, 1.165) is 72.3 Å². The Morgan fingerprint density at radius 2 is 0.810 bits per heavy atom. The molecule has 0 bridgehead atoms. The third-order valence-corrected chi connectivity index (χ3v) is 13.0. The van der Waals surface area contributed by atoms with Crippen LogP contribution in [0.1, 0.15) is 5.56 Å². The van der Waals surface area contributed by atoms with Gasteiger partial charge < -0.3 is 8.98 Å². The van der Waals surface area contributed by atoms with Crippen LogP contribution in [-0.4, -0.2) is 9.55 Å². The Morgan fingerprint density at radius 3 is 1.52 bits per heavy atom. The molecule has 0 spiro atoms. The summed E-state index contributed by atoms with van der Waals surface area (Å²) in [5.41, 5.74) is 15.2. The molecule has 0 fully saturated rings. The van der Waals surface area contributed by atoms with E-state index in [-0.39, 0.29) is 0 Å². The second kappa shape index (κ2) is 13.9. The molecule has 3 aromatic heterocycles. The van der Waals surface area contributed by atoms with Crippen LogP contribution in [0.5, 0.6) is 0 Å². The molecular weight excluding hydrogens is 765 g/mol. The van der Waals surface area contributed by atoms with E-state index in [1.54, 1.807) is 0 Å². The maximum Gasteiger partial charge on any atom is 0.136 e. The van der Waals surface area contributed by atoms with Crippen LogP contribution in [0.25, 0.3) is 127 Å². The fraction of sp³-hybridized carbons (Fsp3) is 0.0167. The number of furan rings is 1. The Labute approximate surface area is 363 Å². The molecule has 0 atom stereocenters. The minimum Gasteiger partial charge on any atom is -0.456 e. The second-order valence-corrected chi connectivity index (χ2v) is 16.8. The largest absolute Gasteiger partial charge is 0.456 e. The van der Waals surface area contributed by atoms with Gasteiger partial charge in [0.05, 0.1) is 28.1 Å². The van der Waals surface area contributed by atoms with Gasteiger partial charge in [-0.25, -0.2) is 4.98 Å². The zero-order valence-corrected chi connectivity index (χ0v) is 34.5. The molecule has 0 saturated carbocycles. The smallest absolute Gasteiger partial charge is 0.136 e.